The van der Waals surface area contributed by atoms with Crippen molar-refractivity contribution in [2.24, 2.45) is 0 Å². The smallest absolute Gasteiger partial charge is 0.408 e. The number of alkyl carbamates (subject to hydrolysis) is 1. The number of carbonyl (C=O) groups is 2. The molecule has 1 saturated heterocycles. The number of hydrogen-bond donors (Lipinski definition) is 1. The van der Waals surface area contributed by atoms with E-state index in [9.17, 15) is 9.59 Å². The van der Waals surface area contributed by atoms with Crippen molar-refractivity contribution in [1.29, 1.82) is 0 Å². The third kappa shape index (κ3) is 6.16. The Hall–Kier alpha value is -2.38. The number of hydrogen-bond acceptors (Lipinski definition) is 6. The van der Waals surface area contributed by atoms with Crippen molar-refractivity contribution in [2.45, 2.75) is 65.2 Å². The van der Waals surface area contributed by atoms with E-state index in [2.05, 4.69) is 15.3 Å². The normalized spacial score (nSPS) is 18.8. The summed E-state index contributed by atoms with van der Waals surface area (Å²) in [5.74, 6) is 1.00. The predicted molar refractivity (Wildman–Crippen MR) is 95.8 cm³/mol. The Labute approximate surface area is 154 Å². The van der Waals surface area contributed by atoms with Crippen LogP contribution in [-0.2, 0) is 9.53 Å². The largest absolute Gasteiger partial charge is 0.472 e. The SMILES string of the molecule is Cc1nccc(OC2CCCN(C(=O)C(C)NC(=O)OC(C)(C)C)C2)n1. The molecular weight excluding hydrogens is 336 g/mol. The van der Waals surface area contributed by atoms with Crippen LogP contribution >= 0.6 is 0 Å². The first-order valence-corrected chi connectivity index (χ1v) is 8.88. The van der Waals surface area contributed by atoms with Gasteiger partial charge in [-0.15, -0.1) is 0 Å². The van der Waals surface area contributed by atoms with Crippen LogP contribution in [-0.4, -0.2) is 57.7 Å². The molecule has 2 atom stereocenters. The molecule has 1 aliphatic rings. The molecule has 144 valence electrons. The van der Waals surface area contributed by atoms with Crippen LogP contribution in [0.15, 0.2) is 12.3 Å². The van der Waals surface area contributed by atoms with Gasteiger partial charge in [-0.05, 0) is 47.5 Å². The molecule has 26 heavy (non-hydrogen) atoms. The number of likely N-dealkylation sites (tertiary alicyclic amines) is 1. The summed E-state index contributed by atoms with van der Waals surface area (Å²) in [6, 6.07) is 1.05. The average molecular weight is 364 g/mol. The molecule has 1 N–H and O–H groups in total. The maximum Gasteiger partial charge on any atom is 0.408 e. The maximum absolute atomic E-state index is 12.6. The van der Waals surface area contributed by atoms with Gasteiger partial charge in [0.25, 0.3) is 0 Å². The number of piperidine rings is 1. The summed E-state index contributed by atoms with van der Waals surface area (Å²) in [7, 11) is 0. The van der Waals surface area contributed by atoms with Crippen molar-refractivity contribution < 1.29 is 19.1 Å². The average Bonchev–Trinajstić information content (AvgIpc) is 2.52. The summed E-state index contributed by atoms with van der Waals surface area (Å²) < 4.78 is 11.1. The van der Waals surface area contributed by atoms with Gasteiger partial charge in [0.05, 0.1) is 6.54 Å². The fourth-order valence-electron chi connectivity index (χ4n) is 2.73. The molecule has 1 aromatic rings. The number of aromatic nitrogens is 2. The van der Waals surface area contributed by atoms with E-state index in [4.69, 9.17) is 9.47 Å². The zero-order valence-electron chi connectivity index (χ0n) is 16.1. The van der Waals surface area contributed by atoms with Gasteiger partial charge in [-0.25, -0.2) is 9.78 Å². The van der Waals surface area contributed by atoms with Crippen molar-refractivity contribution >= 4 is 12.0 Å². The van der Waals surface area contributed by atoms with Gasteiger partial charge in [-0.1, -0.05) is 0 Å². The lowest BCUT2D eigenvalue weighted by Crippen LogP contribution is -2.52. The van der Waals surface area contributed by atoms with Gasteiger partial charge >= 0.3 is 6.09 Å². The molecular formula is C18H28N4O4. The van der Waals surface area contributed by atoms with Crippen LogP contribution in [0.3, 0.4) is 0 Å². The summed E-state index contributed by atoms with van der Waals surface area (Å²) >= 11 is 0. The monoisotopic (exact) mass is 364 g/mol. The maximum atomic E-state index is 12.6. The minimum Gasteiger partial charge on any atom is -0.472 e. The van der Waals surface area contributed by atoms with Gasteiger partial charge in [0, 0.05) is 18.8 Å². The second kappa shape index (κ2) is 8.33. The fraction of sp³-hybridized carbons (Fsp3) is 0.667. The lowest BCUT2D eigenvalue weighted by atomic mass is 10.1. The zero-order valence-corrected chi connectivity index (χ0v) is 16.1. The number of ether oxygens (including phenoxy) is 2. The summed E-state index contributed by atoms with van der Waals surface area (Å²) in [6.45, 7) is 9.89. The highest BCUT2D eigenvalue weighted by Crippen LogP contribution is 2.17. The molecule has 0 bridgehead atoms. The summed E-state index contributed by atoms with van der Waals surface area (Å²) in [5.41, 5.74) is -0.605. The van der Waals surface area contributed by atoms with Crippen molar-refractivity contribution in [3.8, 4) is 5.88 Å². The van der Waals surface area contributed by atoms with E-state index in [-0.39, 0.29) is 12.0 Å². The quantitative estimate of drug-likeness (QED) is 0.879. The minimum absolute atomic E-state index is 0.129. The summed E-state index contributed by atoms with van der Waals surface area (Å²) in [6.07, 6.45) is 2.60. The van der Waals surface area contributed by atoms with Crippen molar-refractivity contribution in [3.05, 3.63) is 18.1 Å². The van der Waals surface area contributed by atoms with Crippen LogP contribution in [0.1, 0.15) is 46.4 Å². The molecule has 0 spiro atoms. The van der Waals surface area contributed by atoms with Gasteiger partial charge in [-0.3, -0.25) is 4.79 Å². The number of nitrogens with zero attached hydrogens (tertiary/aromatic N) is 3. The minimum atomic E-state index is -0.662. The van der Waals surface area contributed by atoms with E-state index in [1.165, 1.54) is 0 Å². The first-order chi connectivity index (χ1) is 12.1. The van der Waals surface area contributed by atoms with Gasteiger partial charge in [0.15, 0.2) is 0 Å². The van der Waals surface area contributed by atoms with Crippen molar-refractivity contribution in [2.75, 3.05) is 13.1 Å². The lowest BCUT2D eigenvalue weighted by Gasteiger charge is -2.34. The highest BCUT2D eigenvalue weighted by atomic mass is 16.6. The van der Waals surface area contributed by atoms with E-state index in [0.29, 0.717) is 24.8 Å². The van der Waals surface area contributed by atoms with E-state index in [1.54, 1.807) is 51.8 Å². The van der Waals surface area contributed by atoms with Crippen molar-refractivity contribution in [1.82, 2.24) is 20.2 Å². The highest BCUT2D eigenvalue weighted by molar-refractivity contribution is 5.85. The molecule has 2 rings (SSSR count). The molecule has 8 nitrogen and oxygen atoms in total. The van der Waals surface area contributed by atoms with E-state index < -0.39 is 17.7 Å². The van der Waals surface area contributed by atoms with Gasteiger partial charge in [0.1, 0.15) is 23.6 Å². The van der Waals surface area contributed by atoms with Crippen molar-refractivity contribution in [3.63, 3.8) is 0 Å². The number of carbonyl (C=O) groups excluding carboxylic acids is 2. The van der Waals surface area contributed by atoms with E-state index >= 15 is 0 Å². The van der Waals surface area contributed by atoms with Crippen LogP contribution in [0.5, 0.6) is 5.88 Å². The first-order valence-electron chi connectivity index (χ1n) is 8.88. The van der Waals surface area contributed by atoms with Gasteiger partial charge < -0.3 is 19.7 Å². The Kier molecular flexibility index (Phi) is 6.39. The molecule has 1 fully saturated rings. The van der Waals surface area contributed by atoms with Crippen LogP contribution in [0.2, 0.25) is 0 Å². The molecule has 1 aliphatic heterocycles. The van der Waals surface area contributed by atoms with Crippen LogP contribution in [0, 0.1) is 6.92 Å². The van der Waals surface area contributed by atoms with Gasteiger partial charge in [-0.2, -0.15) is 4.98 Å². The Balaban J connectivity index is 1.89. The standard InChI is InChI=1S/C18H28N4O4/c1-12(20-17(24)26-18(3,4)5)16(23)22-10-6-7-14(11-22)25-15-8-9-19-13(2)21-15/h8-9,12,14H,6-7,10-11H2,1-5H3,(H,20,24). The predicted octanol–water partition coefficient (Wildman–Crippen LogP) is 2.07. The third-order valence-electron chi connectivity index (χ3n) is 3.83. The number of rotatable bonds is 4. The molecule has 2 unspecified atom stereocenters. The molecule has 8 heteroatoms. The van der Waals surface area contributed by atoms with E-state index in [0.717, 1.165) is 12.8 Å². The number of aryl methyl sites for hydroxylation is 1. The topological polar surface area (TPSA) is 93.7 Å². The zero-order chi connectivity index (χ0) is 19.3. The number of nitrogens with one attached hydrogen (secondary N) is 1. The summed E-state index contributed by atoms with van der Waals surface area (Å²) in [5, 5.41) is 2.59. The summed E-state index contributed by atoms with van der Waals surface area (Å²) in [4.78, 5) is 34.5. The van der Waals surface area contributed by atoms with E-state index in [1.807, 2.05) is 0 Å². The molecule has 0 saturated carbocycles. The van der Waals surface area contributed by atoms with Crippen LogP contribution in [0.25, 0.3) is 0 Å². The highest BCUT2D eigenvalue weighted by Gasteiger charge is 2.29. The molecule has 0 aromatic carbocycles. The number of amides is 2. The Bertz CT molecular complexity index is 644. The second-order valence-electron chi connectivity index (χ2n) is 7.48. The lowest BCUT2D eigenvalue weighted by molar-refractivity contribution is -0.135. The Morgan fingerprint density at radius 1 is 1.38 bits per heavy atom. The molecule has 0 radical (unpaired) electrons. The molecule has 0 aliphatic carbocycles. The van der Waals surface area contributed by atoms with Gasteiger partial charge in [0.2, 0.25) is 11.8 Å². The van der Waals surface area contributed by atoms with Crippen LogP contribution < -0.4 is 10.1 Å². The Morgan fingerprint density at radius 3 is 2.77 bits per heavy atom. The third-order valence-corrected chi connectivity index (χ3v) is 3.83. The molecule has 2 amide bonds. The van der Waals surface area contributed by atoms with Crippen LogP contribution in [0.4, 0.5) is 4.79 Å². The molecule has 2 heterocycles. The Morgan fingerprint density at radius 2 is 2.12 bits per heavy atom. The molecule has 1 aromatic heterocycles. The first kappa shape index (κ1) is 19.9. The second-order valence-corrected chi connectivity index (χ2v) is 7.48. The fourth-order valence-corrected chi connectivity index (χ4v) is 2.73.